The minimum atomic E-state index is 0.0840. The van der Waals surface area contributed by atoms with Crippen LogP contribution in [0.2, 0.25) is 0 Å². The minimum absolute atomic E-state index is 0.0840. The molecule has 1 atom stereocenters. The van der Waals surface area contributed by atoms with Crippen molar-refractivity contribution in [3.63, 3.8) is 0 Å². The number of likely N-dealkylation sites (N-methyl/N-ethyl adjacent to an activating group) is 1. The first-order valence-electron chi connectivity index (χ1n) is 9.74. The van der Waals surface area contributed by atoms with E-state index in [1.165, 1.54) is 5.56 Å². The van der Waals surface area contributed by atoms with Crippen molar-refractivity contribution in [2.75, 3.05) is 26.7 Å². The van der Waals surface area contributed by atoms with Gasteiger partial charge in [-0.3, -0.25) is 9.48 Å². The number of aromatic nitrogens is 3. The molecule has 0 saturated carbocycles. The maximum Gasteiger partial charge on any atom is 0.254 e. The number of piperazine rings is 1. The molecule has 1 aliphatic heterocycles. The molecule has 4 rings (SSSR count). The summed E-state index contributed by atoms with van der Waals surface area (Å²) in [5.74, 6) is 0.0840. The zero-order valence-corrected chi connectivity index (χ0v) is 17.2. The SMILES string of the molecule is Cc1ccc2c(C(=O)N3CCN(C)[C@H](C)C3)cc(-c3cnn(C)c3)nc2c1C. The third-order valence-electron chi connectivity index (χ3n) is 5.98. The summed E-state index contributed by atoms with van der Waals surface area (Å²) in [5.41, 5.74) is 5.63. The molecule has 1 amide bonds. The van der Waals surface area contributed by atoms with E-state index in [0.29, 0.717) is 6.04 Å². The number of hydrogen-bond donors (Lipinski definition) is 0. The van der Waals surface area contributed by atoms with Crippen LogP contribution >= 0.6 is 0 Å². The number of rotatable bonds is 2. The Morgan fingerprint density at radius 2 is 1.96 bits per heavy atom. The standard InChI is InChI=1S/C22H27N5O/c1-14-6-7-18-19(22(28)27-9-8-25(4)15(2)12-27)10-20(24-21(18)16(14)3)17-11-23-26(5)13-17/h6-7,10-11,13,15H,8-9,12H2,1-5H3/t15-/m1/s1. The molecule has 0 spiro atoms. The van der Waals surface area contributed by atoms with Crippen LogP contribution in [0.5, 0.6) is 0 Å². The van der Waals surface area contributed by atoms with Gasteiger partial charge in [-0.2, -0.15) is 5.10 Å². The molecule has 3 heterocycles. The summed E-state index contributed by atoms with van der Waals surface area (Å²) in [6.45, 7) is 8.70. The summed E-state index contributed by atoms with van der Waals surface area (Å²) in [4.78, 5) is 22.7. The molecule has 28 heavy (non-hydrogen) atoms. The maximum atomic E-state index is 13.5. The van der Waals surface area contributed by atoms with Crippen LogP contribution in [0.15, 0.2) is 30.6 Å². The lowest BCUT2D eigenvalue weighted by Crippen LogP contribution is -2.52. The minimum Gasteiger partial charge on any atom is -0.336 e. The first kappa shape index (κ1) is 18.6. The van der Waals surface area contributed by atoms with Gasteiger partial charge in [-0.05, 0) is 45.0 Å². The lowest BCUT2D eigenvalue weighted by atomic mass is 9.99. The van der Waals surface area contributed by atoms with Crippen molar-refractivity contribution in [2.24, 2.45) is 7.05 Å². The largest absolute Gasteiger partial charge is 0.336 e. The van der Waals surface area contributed by atoms with E-state index >= 15 is 0 Å². The van der Waals surface area contributed by atoms with Crippen molar-refractivity contribution < 1.29 is 4.79 Å². The highest BCUT2D eigenvalue weighted by Gasteiger charge is 2.27. The van der Waals surface area contributed by atoms with Crippen molar-refractivity contribution in [3.8, 4) is 11.3 Å². The van der Waals surface area contributed by atoms with Gasteiger partial charge in [-0.25, -0.2) is 4.98 Å². The Labute approximate surface area is 165 Å². The van der Waals surface area contributed by atoms with Crippen LogP contribution in [0.4, 0.5) is 0 Å². The number of hydrogen-bond acceptors (Lipinski definition) is 4. The monoisotopic (exact) mass is 377 g/mol. The summed E-state index contributed by atoms with van der Waals surface area (Å²) < 4.78 is 1.76. The van der Waals surface area contributed by atoms with Gasteiger partial charge in [0.1, 0.15) is 0 Å². The molecule has 1 aromatic carbocycles. The Kier molecular flexibility index (Phi) is 4.67. The van der Waals surface area contributed by atoms with Crippen LogP contribution < -0.4 is 0 Å². The summed E-state index contributed by atoms with van der Waals surface area (Å²) in [6, 6.07) is 6.39. The molecule has 146 valence electrons. The average molecular weight is 377 g/mol. The number of carbonyl (C=O) groups is 1. The van der Waals surface area contributed by atoms with Gasteiger partial charge in [-0.1, -0.05) is 12.1 Å². The van der Waals surface area contributed by atoms with Crippen molar-refractivity contribution in [3.05, 3.63) is 47.3 Å². The Morgan fingerprint density at radius 3 is 2.64 bits per heavy atom. The van der Waals surface area contributed by atoms with E-state index in [-0.39, 0.29) is 5.91 Å². The average Bonchev–Trinajstić information content (AvgIpc) is 3.12. The van der Waals surface area contributed by atoms with Crippen LogP contribution in [0.1, 0.15) is 28.4 Å². The Morgan fingerprint density at radius 1 is 1.18 bits per heavy atom. The molecule has 1 aliphatic rings. The van der Waals surface area contributed by atoms with Crippen molar-refractivity contribution >= 4 is 16.8 Å². The highest BCUT2D eigenvalue weighted by atomic mass is 16.2. The van der Waals surface area contributed by atoms with E-state index in [1.54, 1.807) is 10.9 Å². The molecule has 1 saturated heterocycles. The Hall–Kier alpha value is -2.73. The topological polar surface area (TPSA) is 54.3 Å². The predicted octanol–water partition coefficient (Wildman–Crippen LogP) is 3.03. The van der Waals surface area contributed by atoms with Gasteiger partial charge in [-0.15, -0.1) is 0 Å². The number of carbonyl (C=O) groups excluding carboxylic acids is 1. The van der Waals surface area contributed by atoms with Crippen molar-refractivity contribution in [1.82, 2.24) is 24.6 Å². The normalized spacial score (nSPS) is 18.0. The second-order valence-electron chi connectivity index (χ2n) is 7.94. The zero-order chi connectivity index (χ0) is 20.0. The summed E-state index contributed by atoms with van der Waals surface area (Å²) >= 11 is 0. The zero-order valence-electron chi connectivity index (χ0n) is 17.2. The van der Waals surface area contributed by atoms with Crippen LogP contribution in [-0.4, -0.2) is 63.2 Å². The van der Waals surface area contributed by atoms with E-state index in [2.05, 4.69) is 43.9 Å². The number of nitrogens with zero attached hydrogens (tertiary/aromatic N) is 5. The predicted molar refractivity (Wildman–Crippen MR) is 111 cm³/mol. The van der Waals surface area contributed by atoms with Crippen LogP contribution in [0.3, 0.4) is 0 Å². The second-order valence-corrected chi connectivity index (χ2v) is 7.94. The lowest BCUT2D eigenvalue weighted by molar-refractivity contribution is 0.0574. The fourth-order valence-corrected chi connectivity index (χ4v) is 3.81. The fraction of sp³-hybridized carbons (Fsp3) is 0.409. The van der Waals surface area contributed by atoms with E-state index in [9.17, 15) is 4.79 Å². The molecule has 0 unspecified atom stereocenters. The molecule has 6 nitrogen and oxygen atoms in total. The van der Waals surface area contributed by atoms with Gasteiger partial charge in [0.05, 0.1) is 23.0 Å². The lowest BCUT2D eigenvalue weighted by Gasteiger charge is -2.37. The van der Waals surface area contributed by atoms with E-state index < -0.39 is 0 Å². The molecule has 0 bridgehead atoms. The highest BCUT2D eigenvalue weighted by molar-refractivity contribution is 6.08. The fourth-order valence-electron chi connectivity index (χ4n) is 3.81. The molecule has 0 N–H and O–H groups in total. The molecule has 6 heteroatoms. The van der Waals surface area contributed by atoms with Crippen LogP contribution in [-0.2, 0) is 7.05 Å². The number of pyridine rings is 1. The van der Waals surface area contributed by atoms with E-state index in [0.717, 1.165) is 52.9 Å². The third-order valence-corrected chi connectivity index (χ3v) is 5.98. The Balaban J connectivity index is 1.86. The molecular formula is C22H27N5O. The van der Waals surface area contributed by atoms with Gasteiger partial charge in [0.25, 0.3) is 5.91 Å². The molecule has 3 aromatic rings. The second kappa shape index (κ2) is 7.02. The number of aryl methyl sites for hydroxylation is 3. The summed E-state index contributed by atoms with van der Waals surface area (Å²) in [7, 11) is 4.00. The molecular weight excluding hydrogens is 350 g/mol. The van der Waals surface area contributed by atoms with Gasteiger partial charge in [0, 0.05) is 49.9 Å². The first-order chi connectivity index (χ1) is 13.3. The van der Waals surface area contributed by atoms with Crippen molar-refractivity contribution in [1.29, 1.82) is 0 Å². The highest BCUT2D eigenvalue weighted by Crippen LogP contribution is 2.29. The smallest absolute Gasteiger partial charge is 0.254 e. The van der Waals surface area contributed by atoms with E-state index in [4.69, 9.17) is 4.98 Å². The molecule has 0 radical (unpaired) electrons. The third kappa shape index (κ3) is 3.18. The van der Waals surface area contributed by atoms with Gasteiger partial charge in [0.15, 0.2) is 0 Å². The number of benzene rings is 1. The molecule has 2 aromatic heterocycles. The first-order valence-corrected chi connectivity index (χ1v) is 9.74. The van der Waals surface area contributed by atoms with Gasteiger partial charge >= 0.3 is 0 Å². The molecule has 0 aliphatic carbocycles. The maximum absolute atomic E-state index is 13.5. The summed E-state index contributed by atoms with van der Waals surface area (Å²) in [6.07, 6.45) is 3.73. The summed E-state index contributed by atoms with van der Waals surface area (Å²) in [5, 5.41) is 5.19. The number of fused-ring (bicyclic) bond motifs is 1. The van der Waals surface area contributed by atoms with Crippen LogP contribution in [0, 0.1) is 13.8 Å². The van der Waals surface area contributed by atoms with E-state index in [1.807, 2.05) is 30.3 Å². The van der Waals surface area contributed by atoms with Crippen LogP contribution in [0.25, 0.3) is 22.2 Å². The number of amides is 1. The quantitative estimate of drug-likeness (QED) is 0.689. The van der Waals surface area contributed by atoms with Gasteiger partial charge in [0.2, 0.25) is 0 Å². The Bertz CT molecular complexity index is 1050. The van der Waals surface area contributed by atoms with Gasteiger partial charge < -0.3 is 9.80 Å². The van der Waals surface area contributed by atoms with Crippen molar-refractivity contribution in [2.45, 2.75) is 26.8 Å². The molecule has 1 fully saturated rings.